The van der Waals surface area contributed by atoms with Crippen LogP contribution in [0.3, 0.4) is 0 Å². The molecule has 0 fully saturated rings. The predicted molar refractivity (Wildman–Crippen MR) is 82.7 cm³/mol. The Bertz CT molecular complexity index is 571. The third-order valence-corrected chi connectivity index (χ3v) is 3.13. The first-order valence-corrected chi connectivity index (χ1v) is 7.11. The van der Waals surface area contributed by atoms with Crippen molar-refractivity contribution in [2.24, 2.45) is 0 Å². The number of rotatable bonds is 5. The second-order valence-corrected chi connectivity index (χ2v) is 5.57. The van der Waals surface area contributed by atoms with Crippen LogP contribution < -0.4 is 10.1 Å². The molecule has 0 saturated heterocycles. The molecule has 0 spiro atoms. The van der Waals surface area contributed by atoms with Gasteiger partial charge in [0.05, 0.1) is 0 Å². The van der Waals surface area contributed by atoms with Gasteiger partial charge < -0.3 is 10.1 Å². The first kappa shape index (κ1) is 15.1. The van der Waals surface area contributed by atoms with Crippen molar-refractivity contribution in [1.29, 1.82) is 0 Å². The number of benzene rings is 1. The number of halogens is 2. The Morgan fingerprint density at radius 3 is 2.50 bits per heavy atom. The SMILES string of the molecule is CC(C)NCc1cnc(Oc2ccc(Cl)cc2)c(Cl)c1. The van der Waals surface area contributed by atoms with Gasteiger partial charge in [0.15, 0.2) is 0 Å². The number of ether oxygens (including phenoxy) is 1. The minimum Gasteiger partial charge on any atom is -0.438 e. The Morgan fingerprint density at radius 1 is 1.20 bits per heavy atom. The highest BCUT2D eigenvalue weighted by Gasteiger charge is 2.07. The van der Waals surface area contributed by atoms with Crippen LogP contribution in [-0.4, -0.2) is 11.0 Å². The average molecular weight is 311 g/mol. The number of nitrogens with one attached hydrogen (secondary N) is 1. The predicted octanol–water partition coefficient (Wildman–Crippen LogP) is 4.68. The number of nitrogens with zero attached hydrogens (tertiary/aromatic N) is 1. The van der Waals surface area contributed by atoms with Gasteiger partial charge in [0.1, 0.15) is 10.8 Å². The fourth-order valence-corrected chi connectivity index (χ4v) is 1.93. The molecule has 1 heterocycles. The fraction of sp³-hybridized carbons (Fsp3) is 0.267. The smallest absolute Gasteiger partial charge is 0.238 e. The minimum absolute atomic E-state index is 0.391. The minimum atomic E-state index is 0.391. The zero-order valence-electron chi connectivity index (χ0n) is 11.4. The summed E-state index contributed by atoms with van der Waals surface area (Å²) in [6, 6.07) is 9.33. The third-order valence-electron chi connectivity index (χ3n) is 2.61. The Morgan fingerprint density at radius 2 is 1.90 bits per heavy atom. The number of pyridine rings is 1. The Balaban J connectivity index is 2.07. The van der Waals surface area contributed by atoms with Crippen molar-refractivity contribution in [3.63, 3.8) is 0 Å². The Hall–Kier alpha value is -1.29. The van der Waals surface area contributed by atoms with Gasteiger partial charge >= 0.3 is 0 Å². The van der Waals surface area contributed by atoms with Crippen LogP contribution in [0.25, 0.3) is 0 Å². The fourth-order valence-electron chi connectivity index (χ4n) is 1.57. The first-order valence-electron chi connectivity index (χ1n) is 6.36. The summed E-state index contributed by atoms with van der Waals surface area (Å²) in [5, 5.41) is 4.46. The first-order chi connectivity index (χ1) is 9.54. The van der Waals surface area contributed by atoms with Crippen LogP contribution in [0.4, 0.5) is 0 Å². The van der Waals surface area contributed by atoms with Crippen molar-refractivity contribution in [3.8, 4) is 11.6 Å². The van der Waals surface area contributed by atoms with Gasteiger partial charge in [-0.1, -0.05) is 37.0 Å². The molecule has 0 aliphatic heterocycles. The van der Waals surface area contributed by atoms with Crippen LogP contribution in [0.2, 0.25) is 10.0 Å². The Kier molecular flexibility index (Phi) is 5.24. The number of hydrogen-bond donors (Lipinski definition) is 1. The lowest BCUT2D eigenvalue weighted by atomic mass is 10.2. The lowest BCUT2D eigenvalue weighted by Crippen LogP contribution is -2.21. The zero-order valence-corrected chi connectivity index (χ0v) is 12.9. The quantitative estimate of drug-likeness (QED) is 0.870. The third kappa shape index (κ3) is 4.37. The maximum atomic E-state index is 6.18. The van der Waals surface area contributed by atoms with Gasteiger partial charge in [-0.15, -0.1) is 0 Å². The molecule has 0 aliphatic rings. The lowest BCUT2D eigenvalue weighted by Gasteiger charge is -2.10. The highest BCUT2D eigenvalue weighted by molar-refractivity contribution is 6.32. The van der Waals surface area contributed by atoms with E-state index in [1.807, 2.05) is 6.07 Å². The normalized spacial score (nSPS) is 10.8. The number of aromatic nitrogens is 1. The molecule has 2 aromatic rings. The summed E-state index contributed by atoms with van der Waals surface area (Å²) in [7, 11) is 0. The van der Waals surface area contributed by atoms with Gasteiger partial charge in [-0.25, -0.2) is 4.98 Å². The van der Waals surface area contributed by atoms with Crippen LogP contribution in [-0.2, 0) is 6.54 Å². The van der Waals surface area contributed by atoms with Gasteiger partial charge in [0.25, 0.3) is 0 Å². The van der Waals surface area contributed by atoms with Gasteiger partial charge in [0, 0.05) is 23.8 Å². The average Bonchev–Trinajstić information content (AvgIpc) is 2.41. The van der Waals surface area contributed by atoms with Gasteiger partial charge in [-0.3, -0.25) is 0 Å². The standard InChI is InChI=1S/C15H16Cl2N2O/c1-10(2)18-8-11-7-14(17)15(19-9-11)20-13-5-3-12(16)4-6-13/h3-7,9-10,18H,8H2,1-2H3. The van der Waals surface area contributed by atoms with E-state index in [0.29, 0.717) is 27.7 Å². The van der Waals surface area contributed by atoms with E-state index in [-0.39, 0.29) is 0 Å². The molecule has 1 aromatic carbocycles. The van der Waals surface area contributed by atoms with E-state index in [1.165, 1.54) is 0 Å². The summed E-state index contributed by atoms with van der Waals surface area (Å²) in [6.45, 7) is 4.91. The maximum absolute atomic E-state index is 6.18. The van der Waals surface area contributed by atoms with Crippen LogP contribution in [0.1, 0.15) is 19.4 Å². The lowest BCUT2D eigenvalue weighted by molar-refractivity contribution is 0.462. The summed E-state index contributed by atoms with van der Waals surface area (Å²) in [5.41, 5.74) is 1.02. The van der Waals surface area contributed by atoms with Gasteiger partial charge in [0.2, 0.25) is 5.88 Å². The molecule has 20 heavy (non-hydrogen) atoms. The molecule has 0 unspecified atom stereocenters. The molecule has 0 atom stereocenters. The molecular formula is C15H16Cl2N2O. The molecule has 3 nitrogen and oxygen atoms in total. The van der Waals surface area contributed by atoms with Crippen molar-refractivity contribution in [2.75, 3.05) is 0 Å². The summed E-state index contributed by atoms with van der Waals surface area (Å²) in [6.07, 6.45) is 1.76. The molecule has 1 N–H and O–H groups in total. The van der Waals surface area contributed by atoms with E-state index in [9.17, 15) is 0 Å². The molecule has 0 saturated carbocycles. The zero-order chi connectivity index (χ0) is 14.5. The highest BCUT2D eigenvalue weighted by Crippen LogP contribution is 2.28. The molecule has 0 aliphatic carbocycles. The highest BCUT2D eigenvalue weighted by atomic mass is 35.5. The van der Waals surface area contributed by atoms with Crippen LogP contribution in [0, 0.1) is 0 Å². The molecule has 0 radical (unpaired) electrons. The summed E-state index contributed by atoms with van der Waals surface area (Å²) >= 11 is 12.0. The number of hydrogen-bond acceptors (Lipinski definition) is 3. The van der Waals surface area contributed by atoms with E-state index in [1.54, 1.807) is 30.5 Å². The van der Waals surface area contributed by atoms with Crippen LogP contribution in [0.5, 0.6) is 11.6 Å². The maximum Gasteiger partial charge on any atom is 0.238 e. The van der Waals surface area contributed by atoms with E-state index >= 15 is 0 Å². The summed E-state index contributed by atoms with van der Waals surface area (Å²) in [4.78, 5) is 4.25. The van der Waals surface area contributed by atoms with Crippen LogP contribution >= 0.6 is 23.2 Å². The molecule has 2 rings (SSSR count). The molecule has 1 aromatic heterocycles. The van der Waals surface area contributed by atoms with Crippen molar-refractivity contribution < 1.29 is 4.74 Å². The van der Waals surface area contributed by atoms with E-state index < -0.39 is 0 Å². The van der Waals surface area contributed by atoms with Gasteiger partial charge in [-0.05, 0) is 35.9 Å². The Labute approximate surface area is 128 Å². The van der Waals surface area contributed by atoms with Crippen LogP contribution in [0.15, 0.2) is 36.5 Å². The molecule has 106 valence electrons. The molecule has 5 heteroatoms. The molecular weight excluding hydrogens is 295 g/mol. The topological polar surface area (TPSA) is 34.2 Å². The summed E-state index contributed by atoms with van der Waals surface area (Å²) in [5.74, 6) is 1.04. The second-order valence-electron chi connectivity index (χ2n) is 4.72. The van der Waals surface area contributed by atoms with Crippen molar-refractivity contribution in [3.05, 3.63) is 52.1 Å². The molecule has 0 bridgehead atoms. The van der Waals surface area contributed by atoms with Crippen molar-refractivity contribution >= 4 is 23.2 Å². The van der Waals surface area contributed by atoms with E-state index in [2.05, 4.69) is 24.1 Å². The van der Waals surface area contributed by atoms with E-state index in [0.717, 1.165) is 12.1 Å². The van der Waals surface area contributed by atoms with Gasteiger partial charge in [-0.2, -0.15) is 0 Å². The summed E-state index contributed by atoms with van der Waals surface area (Å²) < 4.78 is 5.62. The monoisotopic (exact) mass is 310 g/mol. The van der Waals surface area contributed by atoms with Crippen molar-refractivity contribution in [2.45, 2.75) is 26.4 Å². The van der Waals surface area contributed by atoms with E-state index in [4.69, 9.17) is 27.9 Å². The van der Waals surface area contributed by atoms with Crippen molar-refractivity contribution in [1.82, 2.24) is 10.3 Å². The second kappa shape index (κ2) is 6.93. The largest absolute Gasteiger partial charge is 0.438 e. The molecule has 0 amide bonds.